The minimum Gasteiger partial charge on any atom is -0.496 e. The van der Waals surface area contributed by atoms with Gasteiger partial charge in [0.25, 0.3) is 0 Å². The van der Waals surface area contributed by atoms with Gasteiger partial charge < -0.3 is 19.9 Å². The Hall–Kier alpha value is -3.56. The summed E-state index contributed by atoms with van der Waals surface area (Å²) in [5, 5.41) is 16.2. The monoisotopic (exact) mass is 542 g/mol. The number of benzene rings is 1. The molecule has 1 aliphatic carbocycles. The fraction of sp³-hybridized carbons (Fsp3) is 0.586. The lowest BCUT2D eigenvalue weighted by molar-refractivity contribution is -0.138. The quantitative estimate of drug-likeness (QED) is 0.318. The van der Waals surface area contributed by atoms with Crippen molar-refractivity contribution in [3.8, 4) is 22.8 Å². The maximum Gasteiger partial charge on any atom is 0.322 e. The topological polar surface area (TPSA) is 123 Å². The van der Waals surface area contributed by atoms with E-state index in [9.17, 15) is 14.4 Å². The summed E-state index contributed by atoms with van der Waals surface area (Å²) in [6.07, 6.45) is 8.19. The van der Waals surface area contributed by atoms with Crippen LogP contribution in [0.5, 0.6) is 11.5 Å². The number of methoxy groups -OCH3 is 2. The van der Waals surface area contributed by atoms with Crippen molar-refractivity contribution in [2.24, 2.45) is 11.8 Å². The van der Waals surface area contributed by atoms with Gasteiger partial charge in [-0.2, -0.15) is 5.10 Å². The fourth-order valence-electron chi connectivity index (χ4n) is 5.35. The molecule has 10 heteroatoms. The largest absolute Gasteiger partial charge is 0.496 e. The molecule has 1 heterocycles. The van der Waals surface area contributed by atoms with Gasteiger partial charge in [-0.25, -0.2) is 0 Å². The maximum atomic E-state index is 12.7. The molecule has 0 bridgehead atoms. The van der Waals surface area contributed by atoms with Crippen molar-refractivity contribution in [2.75, 3.05) is 25.7 Å². The third-order valence-electron chi connectivity index (χ3n) is 7.25. The molecule has 1 aromatic heterocycles. The van der Waals surface area contributed by atoms with E-state index < -0.39 is 24.5 Å². The van der Waals surface area contributed by atoms with Crippen LogP contribution in [-0.4, -0.2) is 60.0 Å². The molecule has 2 aromatic rings. The number of anilines is 1. The Bertz CT molecular complexity index is 1090. The molecule has 39 heavy (non-hydrogen) atoms. The Morgan fingerprint density at radius 2 is 1.85 bits per heavy atom. The number of rotatable bonds is 15. The van der Waals surface area contributed by atoms with Crippen LogP contribution in [0.25, 0.3) is 11.3 Å². The second-order valence-electron chi connectivity index (χ2n) is 10.6. The van der Waals surface area contributed by atoms with E-state index >= 15 is 0 Å². The van der Waals surface area contributed by atoms with Gasteiger partial charge in [0.15, 0.2) is 5.82 Å². The van der Waals surface area contributed by atoms with Crippen LogP contribution in [0.2, 0.25) is 0 Å². The number of carbonyl (C=O) groups is 3. The number of hydrogen-bond acceptors (Lipinski definition) is 6. The summed E-state index contributed by atoms with van der Waals surface area (Å²) < 4.78 is 13.1. The second kappa shape index (κ2) is 14.6. The zero-order chi connectivity index (χ0) is 28.4. The van der Waals surface area contributed by atoms with Gasteiger partial charge in [0, 0.05) is 25.1 Å². The summed E-state index contributed by atoms with van der Waals surface area (Å²) in [7, 11) is 3.19. The number of hydrogen-bond donors (Lipinski definition) is 2. The zero-order valence-electron chi connectivity index (χ0n) is 23.5. The Labute approximate surface area is 230 Å². The number of nitrogens with one attached hydrogen (secondary N) is 1. The average Bonchev–Trinajstić information content (AvgIpc) is 3.32. The van der Waals surface area contributed by atoms with E-state index in [0.717, 1.165) is 36.9 Å². The van der Waals surface area contributed by atoms with Crippen LogP contribution >= 0.6 is 0 Å². The Morgan fingerprint density at radius 3 is 2.41 bits per heavy atom. The van der Waals surface area contributed by atoms with Crippen LogP contribution in [0.3, 0.4) is 0 Å². The molecule has 1 aromatic carbocycles. The normalized spacial score (nSPS) is 14.6. The predicted molar refractivity (Wildman–Crippen MR) is 149 cm³/mol. The highest BCUT2D eigenvalue weighted by molar-refractivity contribution is 5.84. The molecule has 3 rings (SSSR count). The number of ether oxygens (including phenoxy) is 2. The summed E-state index contributed by atoms with van der Waals surface area (Å²) in [6.45, 7) is 4.30. The van der Waals surface area contributed by atoms with Crippen molar-refractivity contribution >= 4 is 24.1 Å². The third kappa shape index (κ3) is 8.21. The maximum absolute atomic E-state index is 12.7. The number of aliphatic carboxylic acids is 1. The van der Waals surface area contributed by atoms with Crippen LogP contribution in [-0.2, 0) is 20.9 Å². The lowest BCUT2D eigenvalue weighted by Crippen LogP contribution is -2.40. The molecule has 2 amide bonds. The Balaban J connectivity index is 1.99. The van der Waals surface area contributed by atoms with E-state index in [0.29, 0.717) is 36.2 Å². The number of nitrogens with zero attached hydrogens (tertiary/aromatic N) is 3. The van der Waals surface area contributed by atoms with Crippen LogP contribution in [0.15, 0.2) is 24.3 Å². The lowest BCUT2D eigenvalue weighted by atomic mass is 9.84. The van der Waals surface area contributed by atoms with E-state index in [1.165, 1.54) is 24.2 Å². The lowest BCUT2D eigenvalue weighted by Gasteiger charge is -2.29. The summed E-state index contributed by atoms with van der Waals surface area (Å²) in [5.41, 5.74) is 1.46. The highest BCUT2D eigenvalue weighted by Gasteiger charge is 2.28. The minimum atomic E-state index is -1.11. The molecular weight excluding hydrogens is 500 g/mol. The Morgan fingerprint density at radius 1 is 1.18 bits per heavy atom. The van der Waals surface area contributed by atoms with Gasteiger partial charge in [0.05, 0.1) is 25.5 Å². The number of carboxylic acids is 1. The van der Waals surface area contributed by atoms with Crippen molar-refractivity contribution in [3.05, 3.63) is 24.3 Å². The summed E-state index contributed by atoms with van der Waals surface area (Å²) >= 11 is 0. The second-order valence-corrected chi connectivity index (χ2v) is 10.6. The van der Waals surface area contributed by atoms with E-state index in [1.807, 2.05) is 28.9 Å². The molecule has 0 radical (unpaired) electrons. The number of amides is 2. The molecule has 2 N–H and O–H groups in total. The highest BCUT2D eigenvalue weighted by Crippen LogP contribution is 2.40. The first-order chi connectivity index (χ1) is 18.8. The Kier molecular flexibility index (Phi) is 11.2. The van der Waals surface area contributed by atoms with E-state index in [4.69, 9.17) is 19.7 Å². The van der Waals surface area contributed by atoms with Gasteiger partial charge in [-0.1, -0.05) is 52.0 Å². The molecule has 1 fully saturated rings. The summed E-state index contributed by atoms with van der Waals surface area (Å²) in [6, 6.07) is 6.91. The molecule has 0 saturated heterocycles. The van der Waals surface area contributed by atoms with Gasteiger partial charge in [-0.05, 0) is 36.8 Å². The fourth-order valence-corrected chi connectivity index (χ4v) is 5.35. The van der Waals surface area contributed by atoms with Crippen LogP contribution in [0.1, 0.15) is 65.2 Å². The van der Waals surface area contributed by atoms with Crippen molar-refractivity contribution in [1.82, 2.24) is 15.1 Å². The molecule has 1 aliphatic rings. The molecule has 10 nitrogen and oxygen atoms in total. The number of aromatic nitrogens is 2. The van der Waals surface area contributed by atoms with Crippen LogP contribution in [0, 0.1) is 11.8 Å². The molecule has 1 atom stereocenters. The molecule has 0 unspecified atom stereocenters. The van der Waals surface area contributed by atoms with Crippen LogP contribution < -0.4 is 19.7 Å². The van der Waals surface area contributed by atoms with Crippen molar-refractivity contribution < 1.29 is 29.0 Å². The standard InChI is InChI=1S/C29H42N4O6/c1-20(2)18-33-23(29-24(38-3)11-8-12-25(29)39-4)16-26(31-33)32(19-34)22(15-27(35)30-17-28(36)37)14-13-21-9-6-5-7-10-21/h8,11-12,16,19-22H,5-7,9-10,13-15,17-18H2,1-4H3,(H,30,35)(H,36,37)/t22-/m0/s1. The first kappa shape index (κ1) is 30.0. The first-order valence-electron chi connectivity index (χ1n) is 13.8. The van der Waals surface area contributed by atoms with Gasteiger partial charge in [-0.3, -0.25) is 24.0 Å². The van der Waals surface area contributed by atoms with Gasteiger partial charge in [-0.15, -0.1) is 0 Å². The average molecular weight is 543 g/mol. The van der Waals surface area contributed by atoms with Crippen molar-refractivity contribution in [3.63, 3.8) is 0 Å². The molecule has 1 saturated carbocycles. The SMILES string of the molecule is COc1cccc(OC)c1-c1cc(N(C=O)[C@@H](CCC2CCCCC2)CC(=O)NCC(=O)O)nn1CC(C)C. The van der Waals surface area contributed by atoms with E-state index in [2.05, 4.69) is 19.2 Å². The van der Waals surface area contributed by atoms with Crippen molar-refractivity contribution in [2.45, 2.75) is 77.8 Å². The number of carbonyl (C=O) groups excluding carboxylic acids is 2. The number of carboxylic acid groups (broad SMARTS) is 1. The highest BCUT2D eigenvalue weighted by atomic mass is 16.5. The van der Waals surface area contributed by atoms with Gasteiger partial charge in [0.2, 0.25) is 12.3 Å². The van der Waals surface area contributed by atoms with Crippen molar-refractivity contribution in [1.29, 1.82) is 0 Å². The minimum absolute atomic E-state index is 0.0108. The van der Waals surface area contributed by atoms with E-state index in [1.54, 1.807) is 14.2 Å². The van der Waals surface area contributed by atoms with Gasteiger partial charge >= 0.3 is 5.97 Å². The predicted octanol–water partition coefficient (Wildman–Crippen LogP) is 4.51. The molecular formula is C29H42N4O6. The summed E-state index contributed by atoms with van der Waals surface area (Å²) in [5.74, 6) is 0.960. The molecule has 0 aliphatic heterocycles. The molecule has 214 valence electrons. The summed E-state index contributed by atoms with van der Waals surface area (Å²) in [4.78, 5) is 37.8. The van der Waals surface area contributed by atoms with Gasteiger partial charge in [0.1, 0.15) is 18.0 Å². The molecule has 0 spiro atoms. The smallest absolute Gasteiger partial charge is 0.322 e. The van der Waals surface area contributed by atoms with Crippen LogP contribution in [0.4, 0.5) is 5.82 Å². The van der Waals surface area contributed by atoms with E-state index in [-0.39, 0.29) is 12.3 Å². The first-order valence-corrected chi connectivity index (χ1v) is 13.8. The third-order valence-corrected chi connectivity index (χ3v) is 7.25. The zero-order valence-corrected chi connectivity index (χ0v) is 23.5.